The molecule has 0 fully saturated rings. The van der Waals surface area contributed by atoms with Crippen molar-refractivity contribution in [2.75, 3.05) is 7.11 Å². The summed E-state index contributed by atoms with van der Waals surface area (Å²) < 4.78 is 0. The van der Waals surface area contributed by atoms with Gasteiger partial charge in [-0.15, -0.1) is 0 Å². The molecular formula is C22H45NO4. The van der Waals surface area contributed by atoms with Crippen molar-refractivity contribution in [2.24, 2.45) is 0 Å². The van der Waals surface area contributed by atoms with Gasteiger partial charge < -0.3 is 15.5 Å². The molecular weight excluding hydrogens is 342 g/mol. The van der Waals surface area contributed by atoms with Gasteiger partial charge in [0.25, 0.3) is 0 Å². The Kier molecular flexibility index (Phi) is 23.9. The third kappa shape index (κ3) is 22.9. The van der Waals surface area contributed by atoms with Gasteiger partial charge in [-0.05, 0) is 13.3 Å². The second-order valence-corrected chi connectivity index (χ2v) is 7.33. The number of hydrogen-bond donors (Lipinski definition) is 3. The lowest BCUT2D eigenvalue weighted by Gasteiger charge is -2.08. The molecule has 0 bridgehead atoms. The molecule has 0 heterocycles. The van der Waals surface area contributed by atoms with Gasteiger partial charge in [0, 0.05) is 13.5 Å². The highest BCUT2D eigenvalue weighted by Gasteiger charge is 2.12. The van der Waals surface area contributed by atoms with E-state index < -0.39 is 12.0 Å². The average molecular weight is 388 g/mol. The number of aliphatic hydroxyl groups is 1. The van der Waals surface area contributed by atoms with E-state index in [0.717, 1.165) is 20.0 Å². The summed E-state index contributed by atoms with van der Waals surface area (Å²) in [5.74, 6) is -1.13. The molecule has 0 aliphatic rings. The number of rotatable bonds is 18. The fraction of sp³-hybridized carbons (Fsp3) is 0.909. The molecule has 0 spiro atoms. The molecule has 0 aromatic carbocycles. The molecule has 3 N–H and O–H groups in total. The van der Waals surface area contributed by atoms with Crippen LogP contribution in [0.2, 0.25) is 0 Å². The zero-order chi connectivity index (χ0) is 20.8. The fourth-order valence-corrected chi connectivity index (χ4v) is 3.03. The highest BCUT2D eigenvalue weighted by molar-refractivity contribution is 5.83. The molecule has 5 heteroatoms. The van der Waals surface area contributed by atoms with E-state index in [0.29, 0.717) is 6.42 Å². The number of carboxylic acids is 1. The Balaban J connectivity index is 0. The quantitative estimate of drug-likeness (QED) is 0.273. The zero-order valence-electron chi connectivity index (χ0n) is 18.1. The second kappa shape index (κ2) is 22.9. The Morgan fingerprint density at radius 1 is 0.704 bits per heavy atom. The summed E-state index contributed by atoms with van der Waals surface area (Å²) in [6.07, 6.45) is 20.0. The van der Waals surface area contributed by atoms with E-state index in [-0.39, 0.29) is 5.91 Å². The molecule has 162 valence electrons. The minimum absolute atomic E-state index is 0.149. The van der Waals surface area contributed by atoms with E-state index in [4.69, 9.17) is 10.2 Å². The first kappa shape index (κ1) is 28.1. The van der Waals surface area contributed by atoms with Crippen LogP contribution in [0.15, 0.2) is 0 Å². The minimum Gasteiger partial charge on any atom is -0.480 e. The molecule has 1 atom stereocenters. The molecule has 5 nitrogen and oxygen atoms in total. The maximum atomic E-state index is 11.5. The van der Waals surface area contributed by atoms with E-state index in [2.05, 4.69) is 12.2 Å². The number of aliphatic hydroxyl groups excluding tert-OH is 1. The standard InChI is InChI=1S/C21H41NO3.CH4O/c1-3-4-5-6-7-8-9-10-11-12-13-14-15-16-17-18-20(23)22-19(2)21(24)25;1-2/h19H,3-18H2,1-2H3,(H,22,23)(H,24,25);2H,1H3. The molecule has 0 aliphatic heterocycles. The van der Waals surface area contributed by atoms with Gasteiger partial charge in [-0.1, -0.05) is 96.8 Å². The minimum atomic E-state index is -0.982. The van der Waals surface area contributed by atoms with Gasteiger partial charge in [0.15, 0.2) is 0 Å². The van der Waals surface area contributed by atoms with Gasteiger partial charge >= 0.3 is 5.97 Å². The Hall–Kier alpha value is -1.10. The lowest BCUT2D eigenvalue weighted by Crippen LogP contribution is -2.38. The number of unbranched alkanes of at least 4 members (excludes halogenated alkanes) is 14. The lowest BCUT2D eigenvalue weighted by atomic mass is 10.0. The molecule has 0 aromatic rings. The van der Waals surface area contributed by atoms with Crippen LogP contribution in [0.1, 0.15) is 117 Å². The van der Waals surface area contributed by atoms with Gasteiger partial charge in [-0.3, -0.25) is 9.59 Å². The predicted octanol–water partition coefficient (Wildman–Crippen LogP) is 5.45. The van der Waals surface area contributed by atoms with Crippen LogP contribution in [0.4, 0.5) is 0 Å². The van der Waals surface area contributed by atoms with Crippen molar-refractivity contribution in [3.05, 3.63) is 0 Å². The topological polar surface area (TPSA) is 86.6 Å². The first-order chi connectivity index (χ1) is 13.1. The fourth-order valence-electron chi connectivity index (χ4n) is 3.03. The van der Waals surface area contributed by atoms with E-state index in [1.54, 1.807) is 0 Å². The van der Waals surface area contributed by atoms with E-state index in [9.17, 15) is 9.59 Å². The van der Waals surface area contributed by atoms with Crippen LogP contribution in [0.3, 0.4) is 0 Å². The number of hydrogen-bond acceptors (Lipinski definition) is 3. The first-order valence-electron chi connectivity index (χ1n) is 11.0. The molecule has 1 unspecified atom stereocenters. The number of carboxylic acid groups (broad SMARTS) is 1. The molecule has 0 rings (SSSR count). The van der Waals surface area contributed by atoms with Crippen molar-refractivity contribution in [1.29, 1.82) is 0 Å². The van der Waals surface area contributed by atoms with Crippen molar-refractivity contribution in [2.45, 2.75) is 123 Å². The van der Waals surface area contributed by atoms with Crippen molar-refractivity contribution in [1.82, 2.24) is 5.32 Å². The number of nitrogens with one attached hydrogen (secondary N) is 1. The third-order valence-electron chi connectivity index (χ3n) is 4.76. The van der Waals surface area contributed by atoms with Gasteiger partial charge in [0.1, 0.15) is 6.04 Å². The van der Waals surface area contributed by atoms with Crippen LogP contribution in [0.5, 0.6) is 0 Å². The smallest absolute Gasteiger partial charge is 0.325 e. The molecule has 27 heavy (non-hydrogen) atoms. The number of aliphatic carboxylic acids is 1. The normalized spacial score (nSPS) is 11.4. The summed E-state index contributed by atoms with van der Waals surface area (Å²) in [5.41, 5.74) is 0. The summed E-state index contributed by atoms with van der Waals surface area (Å²) >= 11 is 0. The molecule has 0 aromatic heterocycles. The van der Waals surface area contributed by atoms with Gasteiger partial charge in [0.05, 0.1) is 0 Å². The summed E-state index contributed by atoms with van der Waals surface area (Å²) in [7, 11) is 1.00. The van der Waals surface area contributed by atoms with Crippen LogP contribution < -0.4 is 5.32 Å². The highest BCUT2D eigenvalue weighted by Crippen LogP contribution is 2.13. The van der Waals surface area contributed by atoms with Crippen LogP contribution in [-0.2, 0) is 9.59 Å². The van der Waals surface area contributed by atoms with Crippen LogP contribution in [0.25, 0.3) is 0 Å². The molecule has 0 saturated heterocycles. The maximum absolute atomic E-state index is 11.5. The Morgan fingerprint density at radius 3 is 1.37 bits per heavy atom. The Bertz CT molecular complexity index is 334. The van der Waals surface area contributed by atoms with Gasteiger partial charge in [-0.25, -0.2) is 0 Å². The highest BCUT2D eigenvalue weighted by atomic mass is 16.4. The molecule has 0 aliphatic carbocycles. The monoisotopic (exact) mass is 387 g/mol. The maximum Gasteiger partial charge on any atom is 0.325 e. The Labute approximate surface area is 167 Å². The van der Waals surface area contributed by atoms with Crippen LogP contribution in [0, 0.1) is 0 Å². The van der Waals surface area contributed by atoms with Crippen molar-refractivity contribution in [3.8, 4) is 0 Å². The number of amides is 1. The van der Waals surface area contributed by atoms with Crippen molar-refractivity contribution in [3.63, 3.8) is 0 Å². The molecule has 0 radical (unpaired) electrons. The van der Waals surface area contributed by atoms with Gasteiger partial charge in [-0.2, -0.15) is 0 Å². The number of carbonyl (C=O) groups is 2. The average Bonchev–Trinajstić information content (AvgIpc) is 2.66. The molecule has 0 saturated carbocycles. The van der Waals surface area contributed by atoms with E-state index in [1.807, 2.05) is 0 Å². The van der Waals surface area contributed by atoms with Crippen molar-refractivity contribution < 1.29 is 19.8 Å². The van der Waals surface area contributed by atoms with Gasteiger partial charge in [0.2, 0.25) is 5.91 Å². The summed E-state index contributed by atoms with van der Waals surface area (Å²) in [6, 6.07) is -0.788. The summed E-state index contributed by atoms with van der Waals surface area (Å²) in [5, 5.41) is 18.2. The van der Waals surface area contributed by atoms with Crippen molar-refractivity contribution >= 4 is 11.9 Å². The number of carbonyl (C=O) groups excluding carboxylic acids is 1. The summed E-state index contributed by atoms with van der Waals surface area (Å²) in [4.78, 5) is 22.2. The molecule has 1 amide bonds. The Morgan fingerprint density at radius 2 is 1.04 bits per heavy atom. The van der Waals surface area contributed by atoms with E-state index >= 15 is 0 Å². The van der Waals surface area contributed by atoms with E-state index in [1.165, 1.54) is 90.4 Å². The second-order valence-electron chi connectivity index (χ2n) is 7.33. The SMILES string of the molecule is CCCCCCCCCCCCCCCCCC(=O)NC(C)C(=O)O.CO. The third-order valence-corrected chi connectivity index (χ3v) is 4.76. The largest absolute Gasteiger partial charge is 0.480 e. The van der Waals surface area contributed by atoms with Crippen LogP contribution in [-0.4, -0.2) is 35.2 Å². The summed E-state index contributed by atoms with van der Waals surface area (Å²) in [6.45, 7) is 3.76. The predicted molar refractivity (Wildman–Crippen MR) is 113 cm³/mol. The zero-order valence-corrected chi connectivity index (χ0v) is 18.1. The first-order valence-corrected chi connectivity index (χ1v) is 11.0. The van der Waals surface area contributed by atoms with Crippen LogP contribution >= 0.6 is 0 Å². The lowest BCUT2D eigenvalue weighted by molar-refractivity contribution is -0.141.